The molecule has 2 aliphatic carbocycles. The summed E-state index contributed by atoms with van der Waals surface area (Å²) >= 11 is 0. The lowest BCUT2D eigenvalue weighted by atomic mass is 9.85. The minimum Gasteiger partial charge on any atom is -0.469 e. The quantitative estimate of drug-likeness (QED) is 0.499. The summed E-state index contributed by atoms with van der Waals surface area (Å²) in [4.78, 5) is 7.99. The van der Waals surface area contributed by atoms with Crippen LogP contribution >= 0.6 is 0 Å². The third kappa shape index (κ3) is 4.71. The Bertz CT molecular complexity index is 1240. The van der Waals surface area contributed by atoms with Gasteiger partial charge >= 0.3 is 6.18 Å². The highest BCUT2D eigenvalue weighted by atomic mass is 19.4. The molecule has 4 heterocycles. The Kier molecular flexibility index (Phi) is 5.95. The smallest absolute Gasteiger partial charge is 0.423 e. The number of alkyl halides is 3. The maximum absolute atomic E-state index is 13.4. The molecule has 9 nitrogen and oxygen atoms in total. The Morgan fingerprint density at radius 2 is 2.00 bits per heavy atom. The molecule has 192 valence electrons. The summed E-state index contributed by atoms with van der Waals surface area (Å²) in [7, 11) is 0. The van der Waals surface area contributed by atoms with Crippen LogP contribution in [0.4, 0.5) is 19.1 Å². The average Bonchev–Trinajstić information content (AvgIpc) is 3.59. The van der Waals surface area contributed by atoms with Gasteiger partial charge < -0.3 is 19.9 Å². The van der Waals surface area contributed by atoms with E-state index in [0.717, 1.165) is 49.7 Å². The molecule has 1 saturated heterocycles. The van der Waals surface area contributed by atoms with E-state index in [-0.39, 0.29) is 31.1 Å². The number of aliphatic hydroxyl groups is 1. The minimum absolute atomic E-state index is 0.0383. The van der Waals surface area contributed by atoms with E-state index in [1.54, 1.807) is 0 Å². The van der Waals surface area contributed by atoms with E-state index in [1.165, 1.54) is 0 Å². The molecular weight excluding hydrogens is 477 g/mol. The van der Waals surface area contributed by atoms with Gasteiger partial charge in [-0.15, -0.1) is 10.2 Å². The molecule has 36 heavy (non-hydrogen) atoms. The first kappa shape index (κ1) is 23.4. The van der Waals surface area contributed by atoms with Crippen LogP contribution in [-0.4, -0.2) is 55.0 Å². The molecule has 1 unspecified atom stereocenters. The second kappa shape index (κ2) is 9.15. The number of nitrogens with one attached hydrogen (secondary N) is 1. The Morgan fingerprint density at radius 3 is 2.72 bits per heavy atom. The van der Waals surface area contributed by atoms with Gasteiger partial charge in [0.1, 0.15) is 17.5 Å². The van der Waals surface area contributed by atoms with Crippen LogP contribution in [-0.2, 0) is 10.9 Å². The van der Waals surface area contributed by atoms with Crippen molar-refractivity contribution in [3.63, 3.8) is 0 Å². The van der Waals surface area contributed by atoms with Gasteiger partial charge in [0.25, 0.3) is 0 Å². The molecule has 12 heteroatoms. The van der Waals surface area contributed by atoms with E-state index in [0.29, 0.717) is 18.0 Å². The van der Waals surface area contributed by atoms with Crippen molar-refractivity contribution in [2.24, 2.45) is 5.92 Å². The van der Waals surface area contributed by atoms with Crippen molar-refractivity contribution in [2.45, 2.75) is 68.9 Å². The summed E-state index contributed by atoms with van der Waals surface area (Å²) in [6.07, 6.45) is 2.64. The maximum Gasteiger partial charge on any atom is 0.423 e. The zero-order chi connectivity index (χ0) is 24.9. The Morgan fingerprint density at radius 1 is 1.17 bits per heavy atom. The Labute approximate surface area is 205 Å². The van der Waals surface area contributed by atoms with E-state index < -0.39 is 29.8 Å². The maximum atomic E-state index is 13.4. The van der Waals surface area contributed by atoms with Crippen LogP contribution < -0.4 is 10.1 Å². The first-order valence-corrected chi connectivity index (χ1v) is 12.3. The van der Waals surface area contributed by atoms with Gasteiger partial charge in [0, 0.05) is 24.4 Å². The molecule has 0 aromatic carbocycles. The summed E-state index contributed by atoms with van der Waals surface area (Å²) in [6, 6.07) is 3.78. The van der Waals surface area contributed by atoms with Crippen molar-refractivity contribution in [1.82, 2.24) is 24.6 Å². The largest absolute Gasteiger partial charge is 0.469 e. The number of nitrogens with zero attached hydrogens (tertiary/aromatic N) is 5. The molecule has 1 aliphatic heterocycles. The molecule has 6 rings (SSSR count). The molecule has 0 amide bonds. The van der Waals surface area contributed by atoms with E-state index >= 15 is 0 Å². The number of rotatable bonds is 7. The molecule has 3 atom stereocenters. The molecule has 3 fully saturated rings. The summed E-state index contributed by atoms with van der Waals surface area (Å²) in [5.41, 5.74) is 0.561. The predicted octanol–water partition coefficient (Wildman–Crippen LogP) is 3.90. The number of fused-ring (bicyclic) bond motifs is 1. The van der Waals surface area contributed by atoms with Crippen molar-refractivity contribution >= 4 is 11.6 Å². The van der Waals surface area contributed by atoms with Gasteiger partial charge in [0.05, 0.1) is 19.3 Å². The lowest BCUT2D eigenvalue weighted by Crippen LogP contribution is -2.39. The second-order valence-corrected chi connectivity index (χ2v) is 9.92. The fraction of sp³-hybridized carbons (Fsp3) is 0.583. The highest BCUT2D eigenvalue weighted by Gasteiger charge is 2.38. The lowest BCUT2D eigenvalue weighted by Gasteiger charge is -2.30. The van der Waals surface area contributed by atoms with Crippen LogP contribution in [0.5, 0.6) is 5.88 Å². The van der Waals surface area contributed by atoms with Crippen molar-refractivity contribution in [2.75, 3.05) is 18.5 Å². The SMILES string of the molecule is OC(c1ccn2c([C@H]3CCC[C@@H](Nc4ncc(C(F)(F)F)c(OC5COC5)n4)C3)nnc2c1)C1CC1. The van der Waals surface area contributed by atoms with Crippen LogP contribution in [0.3, 0.4) is 0 Å². The molecule has 3 aliphatic rings. The molecule has 3 aromatic heterocycles. The number of hydrogen-bond acceptors (Lipinski definition) is 8. The summed E-state index contributed by atoms with van der Waals surface area (Å²) in [5, 5.41) is 22.4. The standard InChI is InChI=1S/C24H27F3N6O3/c25-24(26,27)18-10-28-23(30-22(18)36-17-11-35-12-17)29-16-3-1-2-15(8-16)21-32-31-19-9-14(6-7-33(19)21)20(34)13-4-5-13/h6-7,9-10,13,15-17,20,34H,1-5,8,11-12H2,(H,28,29,30)/t15-,16+,20?/m0/s1. The van der Waals surface area contributed by atoms with Gasteiger partial charge in [-0.25, -0.2) is 4.98 Å². The number of aromatic nitrogens is 5. The average molecular weight is 505 g/mol. The van der Waals surface area contributed by atoms with Crippen molar-refractivity contribution in [1.29, 1.82) is 0 Å². The number of pyridine rings is 1. The fourth-order valence-electron chi connectivity index (χ4n) is 4.97. The zero-order valence-electron chi connectivity index (χ0n) is 19.5. The highest BCUT2D eigenvalue weighted by Crippen LogP contribution is 2.41. The highest BCUT2D eigenvalue weighted by molar-refractivity contribution is 5.43. The van der Waals surface area contributed by atoms with Crippen LogP contribution in [0.2, 0.25) is 0 Å². The number of aliphatic hydroxyl groups excluding tert-OH is 1. The number of hydrogen-bond donors (Lipinski definition) is 2. The van der Waals surface area contributed by atoms with E-state index in [2.05, 4.69) is 25.5 Å². The van der Waals surface area contributed by atoms with Crippen LogP contribution in [0.15, 0.2) is 24.5 Å². The number of anilines is 1. The van der Waals surface area contributed by atoms with E-state index in [1.807, 2.05) is 22.7 Å². The molecular formula is C24H27F3N6O3. The topological polar surface area (TPSA) is 107 Å². The predicted molar refractivity (Wildman–Crippen MR) is 122 cm³/mol. The van der Waals surface area contributed by atoms with Gasteiger partial charge in [-0.05, 0) is 55.7 Å². The van der Waals surface area contributed by atoms with Gasteiger partial charge in [-0.1, -0.05) is 6.42 Å². The fourth-order valence-corrected chi connectivity index (χ4v) is 4.97. The van der Waals surface area contributed by atoms with Crippen molar-refractivity contribution in [3.05, 3.63) is 41.5 Å². The summed E-state index contributed by atoms with van der Waals surface area (Å²) in [6.45, 7) is 0.476. The van der Waals surface area contributed by atoms with Crippen molar-refractivity contribution in [3.8, 4) is 5.88 Å². The van der Waals surface area contributed by atoms with Crippen LogP contribution in [0, 0.1) is 5.92 Å². The minimum atomic E-state index is -4.61. The summed E-state index contributed by atoms with van der Waals surface area (Å²) in [5.74, 6) is 0.913. The second-order valence-electron chi connectivity index (χ2n) is 9.92. The molecule has 2 saturated carbocycles. The monoisotopic (exact) mass is 504 g/mol. The van der Waals surface area contributed by atoms with Gasteiger partial charge in [0.2, 0.25) is 11.8 Å². The van der Waals surface area contributed by atoms with E-state index in [9.17, 15) is 18.3 Å². The first-order valence-electron chi connectivity index (χ1n) is 12.3. The van der Waals surface area contributed by atoms with Gasteiger partial charge in [-0.2, -0.15) is 18.2 Å². The number of halogens is 3. The van der Waals surface area contributed by atoms with Crippen molar-refractivity contribution < 1.29 is 27.8 Å². The Hall–Kier alpha value is -2.99. The third-order valence-corrected chi connectivity index (χ3v) is 7.19. The zero-order valence-corrected chi connectivity index (χ0v) is 19.5. The molecule has 0 radical (unpaired) electrons. The molecule has 2 N–H and O–H groups in total. The molecule has 0 bridgehead atoms. The lowest BCUT2D eigenvalue weighted by molar-refractivity contribution is -0.142. The number of ether oxygens (including phenoxy) is 2. The third-order valence-electron chi connectivity index (χ3n) is 7.19. The van der Waals surface area contributed by atoms with Crippen LogP contribution in [0.1, 0.15) is 67.5 Å². The van der Waals surface area contributed by atoms with Crippen LogP contribution in [0.25, 0.3) is 5.65 Å². The van der Waals surface area contributed by atoms with Gasteiger partial charge in [-0.3, -0.25) is 4.40 Å². The molecule has 0 spiro atoms. The summed E-state index contributed by atoms with van der Waals surface area (Å²) < 4.78 is 52.6. The Balaban J connectivity index is 1.18. The van der Waals surface area contributed by atoms with Gasteiger partial charge in [0.15, 0.2) is 5.65 Å². The van der Waals surface area contributed by atoms with E-state index in [4.69, 9.17) is 9.47 Å². The first-order chi connectivity index (χ1) is 17.3. The molecule has 3 aromatic rings. The normalized spacial score (nSPS) is 23.9.